The van der Waals surface area contributed by atoms with Gasteiger partial charge in [0.15, 0.2) is 0 Å². The van der Waals surface area contributed by atoms with Crippen LogP contribution in [0.3, 0.4) is 0 Å². The number of amides is 1. The zero-order chi connectivity index (χ0) is 16.4. The van der Waals surface area contributed by atoms with E-state index in [2.05, 4.69) is 0 Å². The van der Waals surface area contributed by atoms with Crippen molar-refractivity contribution in [3.05, 3.63) is 15.8 Å². The first-order valence-electron chi connectivity index (χ1n) is 5.87. The molecule has 0 aliphatic carbocycles. The molecule has 0 spiro atoms. The minimum Gasteiger partial charge on any atom is -0.329 e. The highest BCUT2D eigenvalue weighted by molar-refractivity contribution is 8.13. The second-order valence-corrected chi connectivity index (χ2v) is 8.10. The van der Waals surface area contributed by atoms with Crippen molar-refractivity contribution in [1.82, 2.24) is 4.90 Å². The van der Waals surface area contributed by atoms with E-state index in [4.69, 9.17) is 10.7 Å². The first-order valence-corrected chi connectivity index (χ1v) is 8.99. The molecule has 0 atom stereocenters. The van der Waals surface area contributed by atoms with Gasteiger partial charge in [-0.15, -0.1) is 11.3 Å². The minimum absolute atomic E-state index is 0.0712. The molecule has 0 aliphatic heterocycles. The molecule has 1 aromatic rings. The van der Waals surface area contributed by atoms with Gasteiger partial charge in [-0.25, -0.2) is 8.42 Å². The maximum Gasteiger partial charge on any atom is 0.406 e. The van der Waals surface area contributed by atoms with Crippen LogP contribution in [0.5, 0.6) is 0 Å². The molecule has 0 bridgehead atoms. The summed E-state index contributed by atoms with van der Waals surface area (Å²) >= 11 is 0.807. The Morgan fingerprint density at radius 2 is 2.00 bits per heavy atom. The van der Waals surface area contributed by atoms with E-state index in [0.29, 0.717) is 11.3 Å². The second-order valence-electron chi connectivity index (χ2n) is 4.31. The highest BCUT2D eigenvalue weighted by atomic mass is 35.7. The summed E-state index contributed by atoms with van der Waals surface area (Å²) in [4.78, 5) is 12.7. The van der Waals surface area contributed by atoms with Gasteiger partial charge in [0, 0.05) is 22.1 Å². The molecule has 1 rings (SSSR count). The van der Waals surface area contributed by atoms with Gasteiger partial charge in [0.25, 0.3) is 15.0 Å². The molecule has 0 saturated carbocycles. The van der Waals surface area contributed by atoms with E-state index >= 15 is 0 Å². The minimum atomic E-state index is -4.52. The quantitative estimate of drug-likeness (QED) is 0.753. The molecule has 21 heavy (non-hydrogen) atoms. The Labute approximate surface area is 128 Å². The SMILES string of the molecule is CCCN(CC(F)(F)F)C(=O)c1cc(S(=O)(=O)Cl)c(C)s1. The molecule has 1 aromatic heterocycles. The molecular formula is C11H13ClF3NO3S2. The Morgan fingerprint density at radius 1 is 1.43 bits per heavy atom. The Kier molecular flexibility index (Phi) is 5.68. The van der Waals surface area contributed by atoms with Gasteiger partial charge in [-0.05, 0) is 19.4 Å². The zero-order valence-corrected chi connectivity index (χ0v) is 13.6. The molecule has 1 amide bonds. The number of carbonyl (C=O) groups is 1. The monoisotopic (exact) mass is 363 g/mol. The number of halogens is 4. The number of nitrogens with zero attached hydrogens (tertiary/aromatic N) is 1. The van der Waals surface area contributed by atoms with Crippen LogP contribution in [-0.2, 0) is 9.05 Å². The lowest BCUT2D eigenvalue weighted by Crippen LogP contribution is -2.39. The van der Waals surface area contributed by atoms with Gasteiger partial charge in [0.2, 0.25) is 0 Å². The van der Waals surface area contributed by atoms with E-state index in [0.717, 1.165) is 17.4 Å². The summed E-state index contributed by atoms with van der Waals surface area (Å²) in [7, 11) is 1.17. The van der Waals surface area contributed by atoms with Crippen molar-refractivity contribution in [3.63, 3.8) is 0 Å². The van der Waals surface area contributed by atoms with Crippen LogP contribution in [0.15, 0.2) is 11.0 Å². The number of thiophene rings is 1. The van der Waals surface area contributed by atoms with Gasteiger partial charge in [-0.1, -0.05) is 6.92 Å². The maximum absolute atomic E-state index is 12.5. The lowest BCUT2D eigenvalue weighted by Gasteiger charge is -2.22. The van der Waals surface area contributed by atoms with Crippen LogP contribution < -0.4 is 0 Å². The number of carbonyl (C=O) groups excluding carboxylic acids is 1. The molecule has 10 heteroatoms. The van der Waals surface area contributed by atoms with Crippen LogP contribution in [0.25, 0.3) is 0 Å². The predicted molar refractivity (Wildman–Crippen MR) is 74.3 cm³/mol. The van der Waals surface area contributed by atoms with E-state index in [1.807, 2.05) is 0 Å². The van der Waals surface area contributed by atoms with Crippen LogP contribution in [0, 0.1) is 6.92 Å². The summed E-state index contributed by atoms with van der Waals surface area (Å²) in [5, 5.41) is 0. The van der Waals surface area contributed by atoms with Crippen molar-refractivity contribution >= 4 is 37.0 Å². The molecule has 4 nitrogen and oxygen atoms in total. The molecule has 0 aromatic carbocycles. The summed E-state index contributed by atoms with van der Waals surface area (Å²) < 4.78 is 60.0. The molecule has 0 N–H and O–H groups in total. The lowest BCUT2D eigenvalue weighted by atomic mass is 10.3. The first kappa shape index (κ1) is 18.2. The average molecular weight is 364 g/mol. The third kappa shape index (κ3) is 5.15. The van der Waals surface area contributed by atoms with Crippen molar-refractivity contribution in [3.8, 4) is 0 Å². The Hall–Kier alpha value is -0.800. The third-order valence-electron chi connectivity index (χ3n) is 2.50. The van der Waals surface area contributed by atoms with E-state index in [1.165, 1.54) is 6.92 Å². The van der Waals surface area contributed by atoms with Crippen molar-refractivity contribution in [2.75, 3.05) is 13.1 Å². The number of hydrogen-bond donors (Lipinski definition) is 0. The summed E-state index contributed by atoms with van der Waals surface area (Å²) in [5.74, 6) is -0.853. The number of rotatable bonds is 5. The first-order chi connectivity index (χ1) is 9.45. The Balaban J connectivity index is 3.10. The Bertz CT molecular complexity index is 625. The zero-order valence-electron chi connectivity index (χ0n) is 11.2. The summed E-state index contributed by atoms with van der Waals surface area (Å²) in [6, 6.07) is 1.02. The standard InChI is InChI=1S/C11H13ClF3NO3S2/c1-3-4-16(6-11(13,14)15)10(17)8-5-9(7(2)20-8)21(12,18)19/h5H,3-4,6H2,1-2H3. The van der Waals surface area contributed by atoms with Gasteiger partial charge in [-0.3, -0.25) is 4.79 Å². The molecule has 1 heterocycles. The molecule has 0 fully saturated rings. The highest BCUT2D eigenvalue weighted by Gasteiger charge is 2.34. The lowest BCUT2D eigenvalue weighted by molar-refractivity contribution is -0.140. The summed E-state index contributed by atoms with van der Waals surface area (Å²) in [6.45, 7) is 1.63. The van der Waals surface area contributed by atoms with Crippen LogP contribution >= 0.6 is 22.0 Å². The molecule has 0 radical (unpaired) electrons. The van der Waals surface area contributed by atoms with E-state index in [1.54, 1.807) is 6.92 Å². The van der Waals surface area contributed by atoms with E-state index in [9.17, 15) is 26.4 Å². The highest BCUT2D eigenvalue weighted by Crippen LogP contribution is 2.29. The van der Waals surface area contributed by atoms with E-state index < -0.39 is 27.7 Å². The van der Waals surface area contributed by atoms with E-state index in [-0.39, 0.29) is 21.2 Å². The van der Waals surface area contributed by atoms with Crippen molar-refractivity contribution in [2.24, 2.45) is 0 Å². The normalized spacial score (nSPS) is 12.5. The molecular weight excluding hydrogens is 351 g/mol. The van der Waals surface area contributed by atoms with Gasteiger partial charge >= 0.3 is 6.18 Å². The maximum atomic E-state index is 12.5. The molecule has 0 aliphatic rings. The summed E-state index contributed by atoms with van der Waals surface area (Å²) in [6.07, 6.45) is -4.16. The van der Waals surface area contributed by atoms with Crippen molar-refractivity contribution in [2.45, 2.75) is 31.3 Å². The molecule has 0 saturated heterocycles. The largest absolute Gasteiger partial charge is 0.406 e. The van der Waals surface area contributed by atoms with Gasteiger partial charge in [0.05, 0.1) is 9.77 Å². The smallest absolute Gasteiger partial charge is 0.329 e. The topological polar surface area (TPSA) is 54.5 Å². The average Bonchev–Trinajstić information content (AvgIpc) is 2.67. The summed E-state index contributed by atoms with van der Waals surface area (Å²) in [5.41, 5.74) is 0. The Morgan fingerprint density at radius 3 is 2.38 bits per heavy atom. The second kappa shape index (κ2) is 6.53. The van der Waals surface area contributed by atoms with Crippen LogP contribution in [0.1, 0.15) is 27.9 Å². The fourth-order valence-electron chi connectivity index (χ4n) is 1.71. The number of hydrogen-bond acceptors (Lipinski definition) is 4. The van der Waals surface area contributed by atoms with Crippen molar-refractivity contribution in [1.29, 1.82) is 0 Å². The fourth-order valence-corrected chi connectivity index (χ4v) is 4.34. The number of alkyl halides is 3. The fraction of sp³-hybridized carbons (Fsp3) is 0.545. The van der Waals surface area contributed by atoms with Gasteiger partial charge in [0.1, 0.15) is 6.54 Å². The van der Waals surface area contributed by atoms with Crippen molar-refractivity contribution < 1.29 is 26.4 Å². The van der Waals surface area contributed by atoms with Crippen LogP contribution in [-0.4, -0.2) is 38.5 Å². The van der Waals surface area contributed by atoms with Crippen LogP contribution in [0.4, 0.5) is 13.2 Å². The van der Waals surface area contributed by atoms with Gasteiger partial charge < -0.3 is 4.90 Å². The molecule has 0 unspecified atom stereocenters. The van der Waals surface area contributed by atoms with Crippen LogP contribution in [0.2, 0.25) is 0 Å². The van der Waals surface area contributed by atoms with Gasteiger partial charge in [-0.2, -0.15) is 13.2 Å². The molecule has 120 valence electrons. The third-order valence-corrected chi connectivity index (χ3v) is 5.11. The predicted octanol–water partition coefficient (Wildman–Crippen LogP) is 3.40. The number of aryl methyl sites for hydroxylation is 1.